The topological polar surface area (TPSA) is 55.4 Å². The number of hydrogen-bond donors (Lipinski definition) is 1. The van der Waals surface area contributed by atoms with Gasteiger partial charge in [0, 0.05) is 10.0 Å². The fraction of sp³-hybridized carbons (Fsp3) is 0.333. The van der Waals surface area contributed by atoms with Gasteiger partial charge < -0.3 is 10.1 Å². The van der Waals surface area contributed by atoms with Gasteiger partial charge in [-0.2, -0.15) is 0 Å². The van der Waals surface area contributed by atoms with Crippen molar-refractivity contribution in [3.05, 3.63) is 33.3 Å². The molecular formula is C12H14BrNO3. The minimum Gasteiger partial charge on any atom is -0.468 e. The van der Waals surface area contributed by atoms with E-state index in [0.717, 1.165) is 15.6 Å². The molecule has 0 aliphatic heterocycles. The number of halogens is 1. The summed E-state index contributed by atoms with van der Waals surface area (Å²) < 4.78 is 5.41. The summed E-state index contributed by atoms with van der Waals surface area (Å²) in [5, 5.41) is 2.51. The normalized spacial score (nSPS) is 9.88. The van der Waals surface area contributed by atoms with Gasteiger partial charge in [-0.1, -0.05) is 15.9 Å². The van der Waals surface area contributed by atoms with Crippen LogP contribution in [-0.2, 0) is 9.53 Å². The van der Waals surface area contributed by atoms with Crippen LogP contribution in [0.5, 0.6) is 0 Å². The fourth-order valence-electron chi connectivity index (χ4n) is 1.35. The molecule has 1 N–H and O–H groups in total. The van der Waals surface area contributed by atoms with Crippen molar-refractivity contribution < 1.29 is 14.3 Å². The molecular weight excluding hydrogens is 286 g/mol. The Morgan fingerprint density at radius 1 is 1.29 bits per heavy atom. The maximum Gasteiger partial charge on any atom is 0.325 e. The summed E-state index contributed by atoms with van der Waals surface area (Å²) in [6, 6.07) is 3.66. The maximum atomic E-state index is 11.8. The number of ether oxygens (including phenoxy) is 1. The Hall–Kier alpha value is -1.36. The lowest BCUT2D eigenvalue weighted by molar-refractivity contribution is -0.139. The van der Waals surface area contributed by atoms with Crippen molar-refractivity contribution in [3.8, 4) is 0 Å². The first-order valence-corrected chi connectivity index (χ1v) is 5.86. The first kappa shape index (κ1) is 13.7. The summed E-state index contributed by atoms with van der Waals surface area (Å²) in [7, 11) is 1.28. The molecule has 0 atom stereocenters. The first-order valence-electron chi connectivity index (χ1n) is 5.07. The number of hydrogen-bond acceptors (Lipinski definition) is 3. The standard InChI is InChI=1S/C12H14BrNO3/c1-7-5-10(13)8(2)4-9(7)12(16)14-6-11(15)17-3/h4-5H,6H2,1-3H3,(H,14,16). The van der Waals surface area contributed by atoms with Gasteiger partial charge in [0.1, 0.15) is 6.54 Å². The minimum absolute atomic E-state index is 0.121. The molecule has 0 aliphatic rings. The van der Waals surface area contributed by atoms with E-state index in [-0.39, 0.29) is 12.5 Å². The molecule has 0 radical (unpaired) electrons. The third kappa shape index (κ3) is 3.56. The number of benzene rings is 1. The SMILES string of the molecule is COC(=O)CNC(=O)c1cc(C)c(Br)cc1C. The monoisotopic (exact) mass is 299 g/mol. The second-order valence-corrected chi connectivity index (χ2v) is 4.53. The maximum absolute atomic E-state index is 11.8. The lowest BCUT2D eigenvalue weighted by Gasteiger charge is -2.09. The molecule has 0 saturated heterocycles. The Bertz CT molecular complexity index is 457. The third-order valence-corrected chi connectivity index (χ3v) is 3.23. The van der Waals surface area contributed by atoms with Crippen LogP contribution >= 0.6 is 15.9 Å². The third-order valence-electron chi connectivity index (χ3n) is 2.37. The second-order valence-electron chi connectivity index (χ2n) is 3.68. The van der Waals surface area contributed by atoms with E-state index in [4.69, 9.17) is 0 Å². The van der Waals surface area contributed by atoms with Crippen molar-refractivity contribution >= 4 is 27.8 Å². The quantitative estimate of drug-likeness (QED) is 0.868. The van der Waals surface area contributed by atoms with Gasteiger partial charge in [0.2, 0.25) is 0 Å². The Labute approximate surface area is 108 Å². The van der Waals surface area contributed by atoms with E-state index in [9.17, 15) is 9.59 Å². The summed E-state index contributed by atoms with van der Waals surface area (Å²) in [4.78, 5) is 22.7. The van der Waals surface area contributed by atoms with E-state index in [2.05, 4.69) is 26.0 Å². The van der Waals surface area contributed by atoms with E-state index in [1.54, 1.807) is 6.07 Å². The van der Waals surface area contributed by atoms with E-state index in [0.29, 0.717) is 5.56 Å². The number of methoxy groups -OCH3 is 1. The molecule has 0 bridgehead atoms. The molecule has 1 aromatic carbocycles. The molecule has 92 valence electrons. The highest BCUT2D eigenvalue weighted by atomic mass is 79.9. The summed E-state index contributed by atoms with van der Waals surface area (Å²) in [5.41, 5.74) is 2.39. The van der Waals surface area contributed by atoms with Gasteiger partial charge in [-0.15, -0.1) is 0 Å². The van der Waals surface area contributed by atoms with Gasteiger partial charge in [0.15, 0.2) is 0 Å². The van der Waals surface area contributed by atoms with Crippen molar-refractivity contribution in [1.29, 1.82) is 0 Å². The van der Waals surface area contributed by atoms with Crippen LogP contribution in [0.25, 0.3) is 0 Å². The summed E-state index contributed by atoms with van der Waals surface area (Å²) in [6.45, 7) is 3.63. The number of carbonyl (C=O) groups is 2. The van der Waals surface area contributed by atoms with E-state index in [1.165, 1.54) is 7.11 Å². The zero-order valence-corrected chi connectivity index (χ0v) is 11.6. The molecule has 17 heavy (non-hydrogen) atoms. The predicted octanol–water partition coefficient (Wildman–Crippen LogP) is 1.97. The molecule has 0 heterocycles. The van der Waals surface area contributed by atoms with Gasteiger partial charge >= 0.3 is 5.97 Å². The first-order chi connectivity index (χ1) is 7.95. The summed E-state index contributed by atoms with van der Waals surface area (Å²) in [5.74, 6) is -0.742. The van der Waals surface area contributed by atoms with Crippen LogP contribution in [0.2, 0.25) is 0 Å². The average molecular weight is 300 g/mol. The Kier molecular flexibility index (Phi) is 4.69. The summed E-state index contributed by atoms with van der Waals surface area (Å²) >= 11 is 3.40. The highest BCUT2D eigenvalue weighted by Gasteiger charge is 2.12. The zero-order valence-electron chi connectivity index (χ0n) is 9.96. The van der Waals surface area contributed by atoms with Gasteiger partial charge in [-0.3, -0.25) is 9.59 Å². The predicted molar refractivity (Wildman–Crippen MR) is 68.0 cm³/mol. The lowest BCUT2D eigenvalue weighted by Crippen LogP contribution is -2.30. The molecule has 1 amide bonds. The molecule has 0 aliphatic carbocycles. The number of aryl methyl sites for hydroxylation is 2. The van der Waals surface area contributed by atoms with Crippen LogP contribution in [0.4, 0.5) is 0 Å². The Balaban J connectivity index is 2.82. The summed E-state index contributed by atoms with van der Waals surface area (Å²) in [6.07, 6.45) is 0. The van der Waals surface area contributed by atoms with Crippen molar-refractivity contribution in [2.24, 2.45) is 0 Å². The average Bonchev–Trinajstić information content (AvgIpc) is 2.30. The molecule has 1 aromatic rings. The molecule has 4 nitrogen and oxygen atoms in total. The van der Waals surface area contributed by atoms with Crippen molar-refractivity contribution in [1.82, 2.24) is 5.32 Å². The lowest BCUT2D eigenvalue weighted by atomic mass is 10.1. The van der Waals surface area contributed by atoms with Crippen molar-refractivity contribution in [3.63, 3.8) is 0 Å². The van der Waals surface area contributed by atoms with Gasteiger partial charge in [-0.05, 0) is 37.1 Å². The molecule has 5 heteroatoms. The number of nitrogens with one attached hydrogen (secondary N) is 1. The van der Waals surface area contributed by atoms with Crippen LogP contribution in [0.15, 0.2) is 16.6 Å². The molecule has 0 fully saturated rings. The van der Waals surface area contributed by atoms with E-state index < -0.39 is 5.97 Å². The van der Waals surface area contributed by atoms with Gasteiger partial charge in [0.05, 0.1) is 7.11 Å². The smallest absolute Gasteiger partial charge is 0.325 e. The van der Waals surface area contributed by atoms with E-state index in [1.807, 2.05) is 19.9 Å². The Morgan fingerprint density at radius 2 is 1.94 bits per heavy atom. The molecule has 0 aromatic heterocycles. The Morgan fingerprint density at radius 3 is 2.53 bits per heavy atom. The highest BCUT2D eigenvalue weighted by Crippen LogP contribution is 2.20. The minimum atomic E-state index is -0.468. The van der Waals surface area contributed by atoms with Crippen molar-refractivity contribution in [2.75, 3.05) is 13.7 Å². The highest BCUT2D eigenvalue weighted by molar-refractivity contribution is 9.10. The van der Waals surface area contributed by atoms with E-state index >= 15 is 0 Å². The van der Waals surface area contributed by atoms with Crippen LogP contribution in [-0.4, -0.2) is 25.5 Å². The largest absolute Gasteiger partial charge is 0.468 e. The molecule has 0 spiro atoms. The van der Waals surface area contributed by atoms with Crippen LogP contribution in [0, 0.1) is 13.8 Å². The van der Waals surface area contributed by atoms with Crippen molar-refractivity contribution in [2.45, 2.75) is 13.8 Å². The fourth-order valence-corrected chi connectivity index (χ4v) is 1.80. The number of amides is 1. The van der Waals surface area contributed by atoms with Gasteiger partial charge in [-0.25, -0.2) is 0 Å². The number of carbonyl (C=O) groups excluding carboxylic acids is 2. The second kappa shape index (κ2) is 5.82. The molecule has 1 rings (SSSR count). The van der Waals surface area contributed by atoms with Crippen LogP contribution in [0.1, 0.15) is 21.5 Å². The van der Waals surface area contributed by atoms with Crippen LogP contribution < -0.4 is 5.32 Å². The van der Waals surface area contributed by atoms with Gasteiger partial charge in [0.25, 0.3) is 5.91 Å². The zero-order chi connectivity index (χ0) is 13.0. The molecule has 0 saturated carbocycles. The van der Waals surface area contributed by atoms with Crippen LogP contribution in [0.3, 0.4) is 0 Å². The number of esters is 1. The molecule has 0 unspecified atom stereocenters. The number of rotatable bonds is 3.